The van der Waals surface area contributed by atoms with Crippen molar-refractivity contribution in [1.82, 2.24) is 4.98 Å². The second kappa shape index (κ2) is 6.47. The molecule has 5 heteroatoms. The Balaban J connectivity index is 2.47. The fourth-order valence-corrected chi connectivity index (χ4v) is 2.15. The second-order valence-corrected chi connectivity index (χ2v) is 4.30. The largest absolute Gasteiger partial charge is 0.395 e. The van der Waals surface area contributed by atoms with Crippen LogP contribution in [0.25, 0.3) is 10.9 Å². The van der Waals surface area contributed by atoms with E-state index in [2.05, 4.69) is 4.98 Å². The van der Waals surface area contributed by atoms with Crippen molar-refractivity contribution in [2.24, 2.45) is 5.73 Å². The average Bonchev–Trinajstić information content (AvgIpc) is 2.46. The van der Waals surface area contributed by atoms with E-state index in [1.165, 1.54) is 0 Å². The number of nitrogens with two attached hydrogens (primary N) is 1. The van der Waals surface area contributed by atoms with Gasteiger partial charge in [0.1, 0.15) is 5.82 Å². The maximum Gasteiger partial charge on any atom is 0.129 e. The van der Waals surface area contributed by atoms with Crippen molar-refractivity contribution < 1.29 is 10.2 Å². The highest BCUT2D eigenvalue weighted by atomic mass is 16.3. The number of rotatable bonds is 6. The van der Waals surface area contributed by atoms with Crippen molar-refractivity contribution in [1.29, 1.82) is 0 Å². The van der Waals surface area contributed by atoms with Crippen LogP contribution >= 0.6 is 0 Å². The summed E-state index contributed by atoms with van der Waals surface area (Å²) in [5, 5.41) is 19.2. The normalized spacial score (nSPS) is 10.9. The Morgan fingerprint density at radius 3 is 2.42 bits per heavy atom. The monoisotopic (exact) mass is 261 g/mol. The quantitative estimate of drug-likeness (QED) is 0.704. The lowest BCUT2D eigenvalue weighted by Gasteiger charge is -2.23. The molecule has 0 fully saturated rings. The van der Waals surface area contributed by atoms with Crippen LogP contribution in [0.5, 0.6) is 0 Å². The zero-order valence-electron chi connectivity index (χ0n) is 10.8. The molecular weight excluding hydrogens is 242 g/mol. The van der Waals surface area contributed by atoms with Gasteiger partial charge in [-0.25, -0.2) is 4.98 Å². The third kappa shape index (κ3) is 3.01. The molecule has 0 saturated carbocycles. The molecule has 0 spiro atoms. The van der Waals surface area contributed by atoms with Crippen molar-refractivity contribution in [2.75, 3.05) is 31.2 Å². The van der Waals surface area contributed by atoms with E-state index in [-0.39, 0.29) is 13.2 Å². The molecule has 0 bridgehead atoms. The van der Waals surface area contributed by atoms with Crippen LogP contribution in [0.15, 0.2) is 30.3 Å². The van der Waals surface area contributed by atoms with Gasteiger partial charge in [-0.1, -0.05) is 18.2 Å². The lowest BCUT2D eigenvalue weighted by atomic mass is 10.1. The van der Waals surface area contributed by atoms with Gasteiger partial charge < -0.3 is 20.8 Å². The van der Waals surface area contributed by atoms with Crippen LogP contribution in [0.3, 0.4) is 0 Å². The zero-order valence-corrected chi connectivity index (χ0v) is 10.8. The summed E-state index contributed by atoms with van der Waals surface area (Å²) in [5.41, 5.74) is 7.68. The molecule has 0 radical (unpaired) electrons. The molecule has 4 N–H and O–H groups in total. The molecular formula is C14H19N3O2. The Hall–Kier alpha value is -1.69. The topological polar surface area (TPSA) is 82.6 Å². The summed E-state index contributed by atoms with van der Waals surface area (Å²) in [5.74, 6) is 0.738. The predicted molar refractivity (Wildman–Crippen MR) is 76.0 cm³/mol. The number of aromatic nitrogens is 1. The van der Waals surface area contributed by atoms with E-state index < -0.39 is 0 Å². The van der Waals surface area contributed by atoms with Gasteiger partial charge in [0.15, 0.2) is 0 Å². The molecule has 0 unspecified atom stereocenters. The lowest BCUT2D eigenvalue weighted by Crippen LogP contribution is -2.30. The Morgan fingerprint density at radius 1 is 1.11 bits per heavy atom. The SMILES string of the molecule is NCc1cc(N(CCO)CCO)nc2ccccc12. The molecule has 1 aromatic heterocycles. The van der Waals surface area contributed by atoms with Crippen LogP contribution in [0.1, 0.15) is 5.56 Å². The summed E-state index contributed by atoms with van der Waals surface area (Å²) < 4.78 is 0. The number of aliphatic hydroxyl groups is 2. The molecule has 5 nitrogen and oxygen atoms in total. The molecule has 0 aliphatic carbocycles. The maximum absolute atomic E-state index is 9.09. The highest BCUT2D eigenvalue weighted by molar-refractivity contribution is 5.84. The molecule has 2 aromatic rings. The van der Waals surface area contributed by atoms with Crippen LogP contribution in [-0.4, -0.2) is 41.5 Å². The van der Waals surface area contributed by atoms with Gasteiger partial charge in [-0.3, -0.25) is 0 Å². The third-order valence-electron chi connectivity index (χ3n) is 3.07. The summed E-state index contributed by atoms with van der Waals surface area (Å²) in [4.78, 5) is 6.42. The number of hydrogen-bond acceptors (Lipinski definition) is 5. The van der Waals surface area contributed by atoms with Gasteiger partial charge in [-0.15, -0.1) is 0 Å². The smallest absolute Gasteiger partial charge is 0.129 e. The van der Waals surface area contributed by atoms with Crippen molar-refractivity contribution in [3.8, 4) is 0 Å². The van der Waals surface area contributed by atoms with Crippen molar-refractivity contribution in [3.05, 3.63) is 35.9 Å². The number of hydrogen-bond donors (Lipinski definition) is 3. The van der Waals surface area contributed by atoms with E-state index in [1.807, 2.05) is 35.2 Å². The first-order valence-electron chi connectivity index (χ1n) is 6.35. The maximum atomic E-state index is 9.09. The van der Waals surface area contributed by atoms with Crippen LogP contribution in [0, 0.1) is 0 Å². The summed E-state index contributed by atoms with van der Waals surface area (Å²) in [7, 11) is 0. The van der Waals surface area contributed by atoms with Gasteiger partial charge >= 0.3 is 0 Å². The molecule has 0 amide bonds. The Kier molecular flexibility index (Phi) is 4.68. The highest BCUT2D eigenvalue weighted by Crippen LogP contribution is 2.22. The number of fused-ring (bicyclic) bond motifs is 1. The van der Waals surface area contributed by atoms with Gasteiger partial charge in [0.05, 0.1) is 18.7 Å². The summed E-state index contributed by atoms with van der Waals surface area (Å²) in [6.07, 6.45) is 0. The highest BCUT2D eigenvalue weighted by Gasteiger charge is 2.10. The fraction of sp³-hybridized carbons (Fsp3) is 0.357. The fourth-order valence-electron chi connectivity index (χ4n) is 2.15. The second-order valence-electron chi connectivity index (χ2n) is 4.30. The Labute approximate surface area is 112 Å². The number of aliphatic hydroxyl groups excluding tert-OH is 2. The molecule has 102 valence electrons. The number of para-hydroxylation sites is 1. The first-order chi connectivity index (χ1) is 9.30. The van der Waals surface area contributed by atoms with E-state index in [9.17, 15) is 0 Å². The van der Waals surface area contributed by atoms with E-state index in [1.54, 1.807) is 0 Å². The first-order valence-corrected chi connectivity index (χ1v) is 6.35. The first kappa shape index (κ1) is 13.7. The van der Waals surface area contributed by atoms with Crippen LogP contribution in [0.4, 0.5) is 5.82 Å². The minimum Gasteiger partial charge on any atom is -0.395 e. The summed E-state index contributed by atoms with van der Waals surface area (Å²) >= 11 is 0. The van der Waals surface area contributed by atoms with Crippen molar-refractivity contribution >= 4 is 16.7 Å². The van der Waals surface area contributed by atoms with Gasteiger partial charge in [0.25, 0.3) is 0 Å². The van der Waals surface area contributed by atoms with E-state index >= 15 is 0 Å². The predicted octanol–water partition coefficient (Wildman–Crippen LogP) is 0.484. The molecule has 0 aliphatic heterocycles. The molecule has 0 aliphatic rings. The summed E-state index contributed by atoms with van der Waals surface area (Å²) in [6, 6.07) is 9.75. The van der Waals surface area contributed by atoms with E-state index in [0.717, 1.165) is 22.3 Å². The van der Waals surface area contributed by atoms with Crippen LogP contribution in [-0.2, 0) is 6.54 Å². The molecule has 1 heterocycles. The van der Waals surface area contributed by atoms with Crippen molar-refractivity contribution in [3.63, 3.8) is 0 Å². The molecule has 2 rings (SSSR count). The Bertz CT molecular complexity index is 539. The molecule has 0 atom stereocenters. The standard InChI is InChI=1S/C14H19N3O2/c15-10-11-9-14(17(5-7-18)6-8-19)16-13-4-2-1-3-12(11)13/h1-4,9,18-19H,5-8,10,15H2. The minimum atomic E-state index is 0.0203. The number of pyridine rings is 1. The van der Waals surface area contributed by atoms with Gasteiger partial charge in [-0.2, -0.15) is 0 Å². The van der Waals surface area contributed by atoms with Crippen molar-refractivity contribution in [2.45, 2.75) is 6.54 Å². The lowest BCUT2D eigenvalue weighted by molar-refractivity contribution is 0.280. The van der Waals surface area contributed by atoms with Gasteiger partial charge in [-0.05, 0) is 17.7 Å². The number of nitrogens with zero attached hydrogens (tertiary/aromatic N) is 2. The summed E-state index contributed by atoms with van der Waals surface area (Å²) in [6.45, 7) is 1.35. The average molecular weight is 261 g/mol. The van der Waals surface area contributed by atoms with Gasteiger partial charge in [0, 0.05) is 25.0 Å². The molecule has 1 aromatic carbocycles. The van der Waals surface area contributed by atoms with Gasteiger partial charge in [0.2, 0.25) is 0 Å². The minimum absolute atomic E-state index is 0.0203. The molecule has 19 heavy (non-hydrogen) atoms. The van der Waals surface area contributed by atoms with E-state index in [0.29, 0.717) is 19.6 Å². The van der Waals surface area contributed by atoms with Crippen LogP contribution in [0.2, 0.25) is 0 Å². The van der Waals surface area contributed by atoms with E-state index in [4.69, 9.17) is 15.9 Å². The van der Waals surface area contributed by atoms with Crippen LogP contribution < -0.4 is 10.6 Å². The number of anilines is 1. The number of benzene rings is 1. The Morgan fingerprint density at radius 2 is 1.79 bits per heavy atom. The zero-order chi connectivity index (χ0) is 13.7. The molecule has 0 saturated heterocycles. The third-order valence-corrected chi connectivity index (χ3v) is 3.07.